The molecule has 1 saturated heterocycles. The summed E-state index contributed by atoms with van der Waals surface area (Å²) in [6, 6.07) is 5.52. The first-order valence-corrected chi connectivity index (χ1v) is 11.3. The molecule has 1 atom stereocenters. The van der Waals surface area contributed by atoms with Crippen LogP contribution in [0.3, 0.4) is 0 Å². The van der Waals surface area contributed by atoms with Gasteiger partial charge in [-0.25, -0.2) is 14.7 Å². The molecular weight excluding hydrogens is 402 g/mol. The van der Waals surface area contributed by atoms with E-state index in [-0.39, 0.29) is 25.7 Å². The quantitative estimate of drug-likeness (QED) is 0.315. The number of carboxylic acid groups (broad SMARTS) is 1. The third-order valence-electron chi connectivity index (χ3n) is 4.22. The van der Waals surface area contributed by atoms with Crippen molar-refractivity contribution < 1.29 is 24.3 Å². The fourth-order valence-corrected chi connectivity index (χ4v) is 4.72. The maximum Gasteiger partial charge on any atom is 0.351 e. The van der Waals surface area contributed by atoms with Crippen LogP contribution in [0.5, 0.6) is 0 Å². The Morgan fingerprint density at radius 1 is 1.29 bits per heavy atom. The van der Waals surface area contributed by atoms with Crippen LogP contribution in [0.2, 0.25) is 0 Å². The van der Waals surface area contributed by atoms with Crippen LogP contribution in [0.15, 0.2) is 29.4 Å². The number of nitrogens with zero attached hydrogens (tertiary/aromatic N) is 2. The van der Waals surface area contributed by atoms with E-state index in [0.29, 0.717) is 18.6 Å². The molecule has 1 aromatic heterocycles. The standard InChI is InChI=1S/C18H23N3O5S2/c1-2-3-10-18(17(25)26,21-15(23)7-8-16(21)24)20-13(22)9-12-27-28-14-6-4-5-11-19-14/h4-6,11H,2-3,7-10,12H2,1H3,(H,20,22)(H,25,26). The molecule has 2 N–H and O–H groups in total. The minimum Gasteiger partial charge on any atom is -0.478 e. The molecule has 2 rings (SSSR count). The van der Waals surface area contributed by atoms with E-state index in [0.717, 1.165) is 9.93 Å². The lowest BCUT2D eigenvalue weighted by molar-refractivity contribution is -0.168. The van der Waals surface area contributed by atoms with E-state index in [9.17, 15) is 24.3 Å². The Hall–Kier alpha value is -2.07. The Morgan fingerprint density at radius 2 is 2.00 bits per heavy atom. The van der Waals surface area contributed by atoms with Gasteiger partial charge in [0.1, 0.15) is 5.03 Å². The number of carbonyl (C=O) groups excluding carboxylic acids is 3. The average Bonchev–Trinajstić information content (AvgIpc) is 3.02. The number of aromatic nitrogens is 1. The zero-order valence-electron chi connectivity index (χ0n) is 15.6. The van der Waals surface area contributed by atoms with E-state index < -0.39 is 29.4 Å². The van der Waals surface area contributed by atoms with Gasteiger partial charge in [-0.05, 0) is 29.3 Å². The number of hydrogen-bond donors (Lipinski definition) is 2. The molecule has 1 aliphatic heterocycles. The Bertz CT molecular complexity index is 715. The number of unbranched alkanes of at least 4 members (excludes halogenated alkanes) is 1. The summed E-state index contributed by atoms with van der Waals surface area (Å²) in [7, 11) is 2.84. The second-order valence-corrected chi connectivity index (χ2v) is 8.70. The minimum absolute atomic E-state index is 0.0160. The molecule has 10 heteroatoms. The smallest absolute Gasteiger partial charge is 0.351 e. The summed E-state index contributed by atoms with van der Waals surface area (Å²) < 4.78 is 0. The lowest BCUT2D eigenvalue weighted by Crippen LogP contribution is -2.67. The van der Waals surface area contributed by atoms with E-state index in [1.54, 1.807) is 6.20 Å². The second kappa shape index (κ2) is 10.5. The van der Waals surface area contributed by atoms with Crippen LogP contribution in [0.1, 0.15) is 45.4 Å². The van der Waals surface area contributed by atoms with Crippen LogP contribution in [0.4, 0.5) is 0 Å². The van der Waals surface area contributed by atoms with Crippen molar-refractivity contribution in [2.24, 2.45) is 0 Å². The maximum absolute atomic E-state index is 12.4. The van der Waals surface area contributed by atoms with Crippen LogP contribution in [0.25, 0.3) is 0 Å². The number of hydrogen-bond acceptors (Lipinski definition) is 7. The summed E-state index contributed by atoms with van der Waals surface area (Å²) in [6.07, 6.45) is 2.76. The largest absolute Gasteiger partial charge is 0.478 e. The lowest BCUT2D eigenvalue weighted by atomic mass is 9.99. The molecule has 8 nitrogen and oxygen atoms in total. The van der Waals surface area contributed by atoms with Gasteiger partial charge in [-0.2, -0.15) is 0 Å². The van der Waals surface area contributed by atoms with Gasteiger partial charge in [-0.15, -0.1) is 0 Å². The topological polar surface area (TPSA) is 117 Å². The number of aliphatic carboxylic acids is 1. The zero-order chi connectivity index (χ0) is 20.6. The molecule has 0 aliphatic carbocycles. The van der Waals surface area contributed by atoms with Crippen molar-refractivity contribution in [2.75, 3.05) is 5.75 Å². The van der Waals surface area contributed by atoms with Crippen molar-refractivity contribution >= 4 is 45.3 Å². The first kappa shape index (κ1) is 22.2. The van der Waals surface area contributed by atoms with E-state index in [4.69, 9.17) is 0 Å². The molecule has 0 spiro atoms. The van der Waals surface area contributed by atoms with Gasteiger partial charge >= 0.3 is 5.97 Å². The van der Waals surface area contributed by atoms with Crippen LogP contribution in [-0.2, 0) is 19.2 Å². The molecule has 1 aliphatic rings. The van der Waals surface area contributed by atoms with Crippen molar-refractivity contribution in [1.82, 2.24) is 15.2 Å². The highest BCUT2D eigenvalue weighted by Gasteiger charge is 2.52. The number of carbonyl (C=O) groups is 4. The third-order valence-corrected chi connectivity index (χ3v) is 6.49. The zero-order valence-corrected chi connectivity index (χ0v) is 17.2. The Labute approximate surface area is 171 Å². The van der Waals surface area contributed by atoms with Crippen molar-refractivity contribution in [3.63, 3.8) is 0 Å². The molecule has 3 amide bonds. The molecule has 0 bridgehead atoms. The number of pyridine rings is 1. The van der Waals surface area contributed by atoms with Crippen LogP contribution in [-0.4, -0.2) is 50.1 Å². The first-order chi connectivity index (χ1) is 13.4. The monoisotopic (exact) mass is 425 g/mol. The molecule has 0 aromatic carbocycles. The lowest BCUT2D eigenvalue weighted by Gasteiger charge is -2.37. The summed E-state index contributed by atoms with van der Waals surface area (Å²) in [6.45, 7) is 1.87. The summed E-state index contributed by atoms with van der Waals surface area (Å²) in [4.78, 5) is 53.8. The van der Waals surface area contributed by atoms with Gasteiger partial charge in [0.05, 0.1) is 0 Å². The molecule has 0 saturated carbocycles. The van der Waals surface area contributed by atoms with Crippen LogP contribution in [0, 0.1) is 0 Å². The molecule has 1 fully saturated rings. The van der Waals surface area contributed by atoms with E-state index in [1.165, 1.54) is 21.6 Å². The molecule has 1 unspecified atom stereocenters. The molecule has 2 heterocycles. The number of rotatable bonds is 11. The summed E-state index contributed by atoms with van der Waals surface area (Å²) >= 11 is 0. The fourth-order valence-electron chi connectivity index (χ4n) is 2.85. The molecule has 0 radical (unpaired) electrons. The molecule has 28 heavy (non-hydrogen) atoms. The predicted octanol–water partition coefficient (Wildman–Crippen LogP) is 2.45. The number of carboxylic acids is 1. The minimum atomic E-state index is -2.02. The van der Waals surface area contributed by atoms with Crippen molar-refractivity contribution in [2.45, 2.75) is 56.1 Å². The summed E-state index contributed by atoms with van der Waals surface area (Å²) in [5.41, 5.74) is -2.02. The Morgan fingerprint density at radius 3 is 2.57 bits per heavy atom. The Kier molecular flexibility index (Phi) is 8.31. The van der Waals surface area contributed by atoms with Crippen LogP contribution < -0.4 is 5.32 Å². The van der Waals surface area contributed by atoms with Gasteiger partial charge in [-0.3, -0.25) is 14.4 Å². The van der Waals surface area contributed by atoms with Gasteiger partial charge in [0.25, 0.3) is 0 Å². The van der Waals surface area contributed by atoms with Crippen LogP contribution >= 0.6 is 21.6 Å². The molecule has 1 aromatic rings. The van der Waals surface area contributed by atoms with Crippen molar-refractivity contribution in [3.8, 4) is 0 Å². The Balaban J connectivity index is 2.02. The van der Waals surface area contributed by atoms with E-state index >= 15 is 0 Å². The van der Waals surface area contributed by atoms with Crippen molar-refractivity contribution in [1.29, 1.82) is 0 Å². The summed E-state index contributed by atoms with van der Waals surface area (Å²) in [5.74, 6) is -2.61. The third kappa shape index (κ3) is 5.48. The van der Waals surface area contributed by atoms with E-state index in [2.05, 4.69) is 10.3 Å². The average molecular weight is 426 g/mol. The fraction of sp³-hybridized carbons (Fsp3) is 0.500. The number of imide groups is 1. The molecular formula is C18H23N3O5S2. The number of nitrogens with one attached hydrogen (secondary N) is 1. The molecule has 152 valence electrons. The normalized spacial score (nSPS) is 16.1. The van der Waals surface area contributed by atoms with Crippen molar-refractivity contribution in [3.05, 3.63) is 24.4 Å². The highest BCUT2D eigenvalue weighted by Crippen LogP contribution is 2.30. The summed E-state index contributed by atoms with van der Waals surface area (Å²) in [5, 5.41) is 13.1. The SMILES string of the molecule is CCCCC(NC(=O)CCSSc1ccccn1)(C(=O)O)N1C(=O)CCC1=O. The predicted molar refractivity (Wildman–Crippen MR) is 106 cm³/mol. The van der Waals surface area contributed by atoms with Gasteiger partial charge in [0, 0.05) is 37.6 Å². The number of amides is 3. The van der Waals surface area contributed by atoms with Gasteiger partial charge in [0.15, 0.2) is 0 Å². The second-order valence-electron chi connectivity index (χ2n) is 6.26. The van der Waals surface area contributed by atoms with Gasteiger partial charge in [0.2, 0.25) is 23.4 Å². The van der Waals surface area contributed by atoms with Gasteiger partial charge in [-0.1, -0.05) is 30.2 Å². The maximum atomic E-state index is 12.4. The first-order valence-electron chi connectivity index (χ1n) is 9.01. The van der Waals surface area contributed by atoms with Gasteiger partial charge < -0.3 is 10.4 Å². The highest BCUT2D eigenvalue weighted by molar-refractivity contribution is 8.76. The van der Waals surface area contributed by atoms with E-state index in [1.807, 2.05) is 25.1 Å². The highest BCUT2D eigenvalue weighted by atomic mass is 33.1. The number of likely N-dealkylation sites (tertiary alicyclic amines) is 1.